The van der Waals surface area contributed by atoms with E-state index in [1.54, 1.807) is 0 Å². The van der Waals surface area contributed by atoms with Crippen LogP contribution in [-0.2, 0) is 9.47 Å². The predicted molar refractivity (Wildman–Crippen MR) is 77.9 cm³/mol. The molecule has 0 radical (unpaired) electrons. The fourth-order valence-corrected chi connectivity index (χ4v) is 2.58. The van der Waals surface area contributed by atoms with E-state index in [2.05, 4.69) is 4.98 Å². The van der Waals surface area contributed by atoms with Crippen molar-refractivity contribution in [1.29, 1.82) is 0 Å². The van der Waals surface area contributed by atoms with Gasteiger partial charge in [-0.05, 0) is 25.5 Å². The van der Waals surface area contributed by atoms with Crippen molar-refractivity contribution in [2.45, 2.75) is 43.5 Å². The van der Waals surface area contributed by atoms with Crippen LogP contribution in [0, 0.1) is 0 Å². The van der Waals surface area contributed by atoms with Crippen molar-refractivity contribution in [3.8, 4) is 0 Å². The Hall–Kier alpha value is -1.52. The number of nitrogen functional groups attached to an aromatic ring is 1. The van der Waals surface area contributed by atoms with Crippen molar-refractivity contribution in [2.75, 3.05) is 19.4 Å². The molecular weight excluding hydrogens is 292 g/mol. The van der Waals surface area contributed by atoms with Crippen LogP contribution in [0.1, 0.15) is 19.1 Å². The van der Waals surface area contributed by atoms with E-state index in [4.69, 9.17) is 20.9 Å². The van der Waals surface area contributed by atoms with E-state index < -0.39 is 36.3 Å². The third-order valence-corrected chi connectivity index (χ3v) is 3.73. The molecule has 2 rings (SSSR count). The molecular formula is C13H22N4O5. The second-order valence-electron chi connectivity index (χ2n) is 5.22. The molecule has 124 valence electrons. The zero-order valence-corrected chi connectivity index (χ0v) is 12.3. The molecule has 0 saturated carbocycles. The lowest BCUT2D eigenvalue weighted by Crippen LogP contribution is -2.40. The van der Waals surface area contributed by atoms with E-state index in [1.807, 2.05) is 0 Å². The molecule has 1 aromatic heterocycles. The molecule has 0 amide bonds. The predicted octanol–water partition coefficient (Wildman–Crippen LogP) is -1.80. The van der Waals surface area contributed by atoms with Gasteiger partial charge in [0.1, 0.15) is 24.1 Å². The Morgan fingerprint density at radius 1 is 1.59 bits per heavy atom. The van der Waals surface area contributed by atoms with E-state index in [-0.39, 0.29) is 5.82 Å². The summed E-state index contributed by atoms with van der Waals surface area (Å²) >= 11 is 0. The molecule has 22 heavy (non-hydrogen) atoms. The van der Waals surface area contributed by atoms with Crippen LogP contribution in [0.3, 0.4) is 0 Å². The van der Waals surface area contributed by atoms with Crippen LogP contribution >= 0.6 is 0 Å². The summed E-state index contributed by atoms with van der Waals surface area (Å²) in [4.78, 5) is 15.5. The summed E-state index contributed by atoms with van der Waals surface area (Å²) in [5.41, 5.74) is 10.3. The monoisotopic (exact) mass is 314 g/mol. The zero-order valence-electron chi connectivity index (χ0n) is 12.3. The maximum absolute atomic E-state index is 11.9. The number of methoxy groups -OCH3 is 1. The Balaban J connectivity index is 2.23. The molecule has 0 aliphatic carbocycles. The minimum atomic E-state index is -1.08. The quantitative estimate of drug-likeness (QED) is 0.481. The van der Waals surface area contributed by atoms with E-state index in [0.717, 1.165) is 0 Å². The number of hydrogen-bond donors (Lipinski definition) is 4. The van der Waals surface area contributed by atoms with Crippen LogP contribution in [0.5, 0.6) is 0 Å². The molecule has 9 heteroatoms. The summed E-state index contributed by atoms with van der Waals surface area (Å²) in [5, 5.41) is 20.4. The first-order chi connectivity index (χ1) is 10.5. The molecule has 1 aromatic rings. The fourth-order valence-electron chi connectivity index (χ4n) is 2.58. The SMILES string of the molecule is CO[C@H]1[C@@H](O)[C@@H]([C@@H](O)CCCN)O[C@H]1n1ccc(N)nc1=O. The highest BCUT2D eigenvalue weighted by Crippen LogP contribution is 2.33. The Labute approximate surface area is 127 Å². The van der Waals surface area contributed by atoms with Crippen LogP contribution in [0.2, 0.25) is 0 Å². The number of hydrogen-bond acceptors (Lipinski definition) is 8. The average Bonchev–Trinajstić information content (AvgIpc) is 2.81. The fraction of sp³-hybridized carbons (Fsp3) is 0.692. The lowest BCUT2D eigenvalue weighted by molar-refractivity contribution is -0.0894. The highest BCUT2D eigenvalue weighted by molar-refractivity contribution is 5.23. The summed E-state index contributed by atoms with van der Waals surface area (Å²) < 4.78 is 12.1. The number of rotatable bonds is 6. The molecule has 1 fully saturated rings. The van der Waals surface area contributed by atoms with Crippen molar-refractivity contribution in [2.24, 2.45) is 5.73 Å². The van der Waals surface area contributed by atoms with Gasteiger partial charge in [0.15, 0.2) is 6.23 Å². The van der Waals surface area contributed by atoms with Crippen LogP contribution in [-0.4, -0.2) is 57.8 Å². The summed E-state index contributed by atoms with van der Waals surface area (Å²) in [7, 11) is 1.40. The highest BCUT2D eigenvalue weighted by Gasteiger charge is 2.48. The van der Waals surface area contributed by atoms with Gasteiger partial charge in [-0.3, -0.25) is 4.57 Å². The zero-order chi connectivity index (χ0) is 16.3. The van der Waals surface area contributed by atoms with Gasteiger partial charge in [0.05, 0.1) is 6.10 Å². The van der Waals surface area contributed by atoms with Crippen molar-refractivity contribution in [3.63, 3.8) is 0 Å². The van der Waals surface area contributed by atoms with E-state index >= 15 is 0 Å². The van der Waals surface area contributed by atoms with E-state index in [1.165, 1.54) is 23.9 Å². The minimum absolute atomic E-state index is 0.0910. The minimum Gasteiger partial charge on any atom is -0.390 e. The molecule has 9 nitrogen and oxygen atoms in total. The van der Waals surface area contributed by atoms with Crippen LogP contribution in [0.25, 0.3) is 0 Å². The van der Waals surface area contributed by atoms with Crippen molar-refractivity contribution in [1.82, 2.24) is 9.55 Å². The maximum atomic E-state index is 11.9. The smallest absolute Gasteiger partial charge is 0.351 e. The van der Waals surface area contributed by atoms with Crippen LogP contribution < -0.4 is 17.2 Å². The number of aromatic nitrogens is 2. The molecule has 5 atom stereocenters. The van der Waals surface area contributed by atoms with E-state index in [0.29, 0.717) is 19.4 Å². The average molecular weight is 314 g/mol. The number of nitrogens with two attached hydrogens (primary N) is 2. The first-order valence-corrected chi connectivity index (χ1v) is 7.08. The molecule has 0 spiro atoms. The summed E-state index contributed by atoms with van der Waals surface area (Å²) in [6.07, 6.45) is -2.14. The number of anilines is 1. The van der Waals surface area contributed by atoms with Gasteiger partial charge < -0.3 is 31.2 Å². The lowest BCUT2D eigenvalue weighted by atomic mass is 10.0. The van der Waals surface area contributed by atoms with Crippen LogP contribution in [0.4, 0.5) is 5.82 Å². The lowest BCUT2D eigenvalue weighted by Gasteiger charge is -2.21. The molecule has 1 aliphatic heterocycles. The maximum Gasteiger partial charge on any atom is 0.351 e. The second kappa shape index (κ2) is 7.16. The summed E-state index contributed by atoms with van der Waals surface area (Å²) in [6.45, 7) is 0.429. The van der Waals surface area contributed by atoms with Gasteiger partial charge in [-0.1, -0.05) is 0 Å². The van der Waals surface area contributed by atoms with Gasteiger partial charge in [0.25, 0.3) is 0 Å². The standard InChI is InChI=1S/C13H22N4O5/c1-21-11-9(19)10(7(18)3-2-5-14)22-12(11)17-6-4-8(15)16-13(17)20/h4,6-7,9-12,18-19H,2-3,5,14H2,1H3,(H2,15,16,20)/t7-,9-,10+,11-,12+/m0/s1. The number of ether oxygens (including phenoxy) is 2. The largest absolute Gasteiger partial charge is 0.390 e. The first-order valence-electron chi connectivity index (χ1n) is 7.08. The van der Waals surface area contributed by atoms with Gasteiger partial charge in [-0.2, -0.15) is 4.98 Å². The van der Waals surface area contributed by atoms with Crippen molar-refractivity contribution in [3.05, 3.63) is 22.7 Å². The Morgan fingerprint density at radius 3 is 2.91 bits per heavy atom. The highest BCUT2D eigenvalue weighted by atomic mass is 16.6. The molecule has 6 N–H and O–H groups in total. The Morgan fingerprint density at radius 2 is 2.32 bits per heavy atom. The molecule has 0 aromatic carbocycles. The summed E-state index contributed by atoms with van der Waals surface area (Å²) in [5.74, 6) is 0.0910. The number of nitrogens with zero attached hydrogens (tertiary/aromatic N) is 2. The number of aliphatic hydroxyl groups excluding tert-OH is 2. The van der Waals surface area contributed by atoms with Gasteiger partial charge in [-0.25, -0.2) is 4.79 Å². The van der Waals surface area contributed by atoms with Crippen molar-refractivity contribution < 1.29 is 19.7 Å². The molecule has 1 saturated heterocycles. The van der Waals surface area contributed by atoms with Gasteiger partial charge in [-0.15, -0.1) is 0 Å². The van der Waals surface area contributed by atoms with Gasteiger partial charge in [0, 0.05) is 13.3 Å². The third kappa shape index (κ3) is 3.28. The molecule has 0 bridgehead atoms. The Bertz CT molecular complexity index is 551. The van der Waals surface area contributed by atoms with Gasteiger partial charge >= 0.3 is 5.69 Å². The van der Waals surface area contributed by atoms with Crippen LogP contribution in [0.15, 0.2) is 17.1 Å². The Kier molecular flexibility index (Phi) is 5.48. The number of aliphatic hydroxyl groups is 2. The normalized spacial score (nSPS) is 29.6. The summed E-state index contributed by atoms with van der Waals surface area (Å²) in [6, 6.07) is 1.45. The van der Waals surface area contributed by atoms with E-state index in [9.17, 15) is 15.0 Å². The molecule has 1 aliphatic rings. The first kappa shape index (κ1) is 16.8. The topological polar surface area (TPSA) is 146 Å². The third-order valence-electron chi connectivity index (χ3n) is 3.73. The second-order valence-corrected chi connectivity index (χ2v) is 5.22. The van der Waals surface area contributed by atoms with Gasteiger partial charge in [0.2, 0.25) is 0 Å². The molecule has 2 heterocycles. The molecule has 0 unspecified atom stereocenters. The van der Waals surface area contributed by atoms with Crippen molar-refractivity contribution >= 4 is 5.82 Å².